The molecule has 4 nitrogen and oxygen atoms in total. The van der Waals surface area contributed by atoms with E-state index in [9.17, 15) is 9.90 Å². The fraction of sp³-hybridized carbons (Fsp3) is 0.706. The second kappa shape index (κ2) is 7.11. The summed E-state index contributed by atoms with van der Waals surface area (Å²) in [6.07, 6.45) is 6.14. The van der Waals surface area contributed by atoms with E-state index >= 15 is 0 Å². The van der Waals surface area contributed by atoms with Crippen LogP contribution in [0, 0.1) is 5.92 Å². The molecule has 3 N–H and O–H groups in total. The fourth-order valence-corrected chi connectivity index (χ4v) is 4.65. The molecule has 22 heavy (non-hydrogen) atoms. The molecular weight excluding hydrogens is 296 g/mol. The van der Waals surface area contributed by atoms with E-state index in [0.29, 0.717) is 18.8 Å². The third-order valence-corrected chi connectivity index (χ3v) is 6.19. The Bertz CT molecular complexity index is 491. The van der Waals surface area contributed by atoms with Gasteiger partial charge in [-0.05, 0) is 49.5 Å². The fourth-order valence-electron chi connectivity index (χ4n) is 3.92. The van der Waals surface area contributed by atoms with Crippen LogP contribution in [0.2, 0.25) is 0 Å². The van der Waals surface area contributed by atoms with Gasteiger partial charge in [0.25, 0.3) is 0 Å². The average molecular weight is 322 g/mol. The summed E-state index contributed by atoms with van der Waals surface area (Å²) < 4.78 is 0. The standard InChI is InChI=1S/C17H26N2O2S/c18-14-6-1-4-12(14)10-17(21)19-8-2-5-13(19)11-15(20)16-7-3-9-22-16/h3,7,9,12-15,20H,1-2,4-6,8,10-11,18H2/t12-,13?,14+,15?/m0/s1. The van der Waals surface area contributed by atoms with Crippen molar-refractivity contribution >= 4 is 17.2 Å². The minimum atomic E-state index is -0.452. The molecule has 122 valence electrons. The van der Waals surface area contributed by atoms with Crippen LogP contribution in [-0.4, -0.2) is 34.5 Å². The number of aliphatic hydroxyl groups is 1. The number of hydrogen-bond acceptors (Lipinski definition) is 4. The van der Waals surface area contributed by atoms with Crippen LogP contribution < -0.4 is 5.73 Å². The van der Waals surface area contributed by atoms with Crippen molar-refractivity contribution in [2.75, 3.05) is 6.54 Å². The molecule has 2 unspecified atom stereocenters. The Balaban J connectivity index is 1.56. The van der Waals surface area contributed by atoms with Gasteiger partial charge in [-0.2, -0.15) is 0 Å². The molecule has 2 aliphatic rings. The lowest BCUT2D eigenvalue weighted by molar-refractivity contribution is -0.133. The third kappa shape index (κ3) is 3.53. The number of amides is 1. The second-order valence-corrected chi connectivity index (χ2v) is 7.69. The molecule has 0 radical (unpaired) electrons. The van der Waals surface area contributed by atoms with E-state index in [1.54, 1.807) is 11.3 Å². The van der Waals surface area contributed by atoms with E-state index in [2.05, 4.69) is 0 Å². The van der Waals surface area contributed by atoms with E-state index in [-0.39, 0.29) is 18.0 Å². The first-order valence-electron chi connectivity index (χ1n) is 8.41. The zero-order chi connectivity index (χ0) is 15.5. The molecule has 1 amide bonds. The van der Waals surface area contributed by atoms with Crippen molar-refractivity contribution in [1.82, 2.24) is 4.90 Å². The number of thiophene rings is 1. The number of hydrogen-bond donors (Lipinski definition) is 2. The highest BCUT2D eigenvalue weighted by Gasteiger charge is 2.34. The Hall–Kier alpha value is -0.910. The molecule has 4 atom stereocenters. The Morgan fingerprint density at radius 2 is 2.27 bits per heavy atom. The first-order chi connectivity index (χ1) is 10.6. The number of carbonyl (C=O) groups excluding carboxylic acids is 1. The molecule has 3 rings (SSSR count). The molecule has 1 saturated heterocycles. The summed E-state index contributed by atoms with van der Waals surface area (Å²) >= 11 is 1.58. The highest BCUT2D eigenvalue weighted by atomic mass is 32.1. The molecule has 1 aliphatic carbocycles. The van der Waals surface area contributed by atoms with Crippen LogP contribution in [0.4, 0.5) is 0 Å². The molecule has 2 heterocycles. The van der Waals surface area contributed by atoms with Crippen LogP contribution in [0.1, 0.15) is 55.9 Å². The summed E-state index contributed by atoms with van der Waals surface area (Å²) in [6.45, 7) is 0.836. The van der Waals surface area contributed by atoms with Crippen molar-refractivity contribution in [2.45, 2.75) is 63.1 Å². The van der Waals surface area contributed by atoms with Gasteiger partial charge in [0, 0.05) is 29.9 Å². The summed E-state index contributed by atoms with van der Waals surface area (Å²) in [4.78, 5) is 15.6. The maximum Gasteiger partial charge on any atom is 0.223 e. The van der Waals surface area contributed by atoms with E-state index < -0.39 is 6.10 Å². The highest BCUT2D eigenvalue weighted by Crippen LogP contribution is 2.32. The molecular formula is C17H26N2O2S. The van der Waals surface area contributed by atoms with Crippen LogP contribution in [0.15, 0.2) is 17.5 Å². The van der Waals surface area contributed by atoms with Crippen molar-refractivity contribution in [1.29, 1.82) is 0 Å². The molecule has 2 fully saturated rings. The van der Waals surface area contributed by atoms with Crippen molar-refractivity contribution in [2.24, 2.45) is 11.7 Å². The van der Waals surface area contributed by atoms with E-state index in [0.717, 1.165) is 43.5 Å². The van der Waals surface area contributed by atoms with Gasteiger partial charge in [0.05, 0.1) is 6.10 Å². The predicted molar refractivity (Wildman–Crippen MR) is 88.6 cm³/mol. The molecule has 1 aromatic rings. The molecule has 0 spiro atoms. The van der Waals surface area contributed by atoms with Gasteiger partial charge in [0.2, 0.25) is 5.91 Å². The van der Waals surface area contributed by atoms with Gasteiger partial charge in [0.1, 0.15) is 0 Å². The van der Waals surface area contributed by atoms with Gasteiger partial charge >= 0.3 is 0 Å². The normalized spacial score (nSPS) is 29.9. The van der Waals surface area contributed by atoms with Crippen molar-refractivity contribution in [3.05, 3.63) is 22.4 Å². The summed E-state index contributed by atoms with van der Waals surface area (Å²) in [7, 11) is 0. The molecule has 0 aromatic carbocycles. The smallest absolute Gasteiger partial charge is 0.223 e. The lowest BCUT2D eigenvalue weighted by atomic mass is 9.98. The summed E-state index contributed by atoms with van der Waals surface area (Å²) in [5.74, 6) is 0.596. The Labute approximate surface area is 136 Å². The van der Waals surface area contributed by atoms with Crippen LogP contribution in [0.25, 0.3) is 0 Å². The summed E-state index contributed by atoms with van der Waals surface area (Å²) in [5, 5.41) is 12.3. The number of carbonyl (C=O) groups is 1. The first-order valence-corrected chi connectivity index (χ1v) is 9.29. The van der Waals surface area contributed by atoms with Crippen molar-refractivity contribution in [3.8, 4) is 0 Å². The Morgan fingerprint density at radius 1 is 1.41 bits per heavy atom. The second-order valence-electron chi connectivity index (χ2n) is 6.71. The zero-order valence-corrected chi connectivity index (χ0v) is 13.8. The van der Waals surface area contributed by atoms with E-state index in [1.165, 1.54) is 0 Å². The van der Waals surface area contributed by atoms with Gasteiger partial charge in [-0.15, -0.1) is 11.3 Å². The monoisotopic (exact) mass is 322 g/mol. The van der Waals surface area contributed by atoms with Crippen molar-refractivity contribution < 1.29 is 9.90 Å². The van der Waals surface area contributed by atoms with E-state index in [1.807, 2.05) is 22.4 Å². The van der Waals surface area contributed by atoms with Gasteiger partial charge in [-0.25, -0.2) is 0 Å². The maximum absolute atomic E-state index is 12.6. The zero-order valence-electron chi connectivity index (χ0n) is 13.0. The van der Waals surface area contributed by atoms with Gasteiger partial charge in [-0.3, -0.25) is 4.79 Å². The van der Waals surface area contributed by atoms with Crippen LogP contribution in [0.5, 0.6) is 0 Å². The topological polar surface area (TPSA) is 66.6 Å². The van der Waals surface area contributed by atoms with Crippen LogP contribution in [-0.2, 0) is 4.79 Å². The van der Waals surface area contributed by atoms with E-state index in [4.69, 9.17) is 5.73 Å². The molecule has 5 heteroatoms. The molecule has 1 aromatic heterocycles. The molecule has 0 bridgehead atoms. The Morgan fingerprint density at radius 3 is 2.95 bits per heavy atom. The largest absolute Gasteiger partial charge is 0.387 e. The first kappa shape index (κ1) is 16.0. The van der Waals surface area contributed by atoms with Gasteiger partial charge in [-0.1, -0.05) is 12.5 Å². The van der Waals surface area contributed by atoms with Crippen molar-refractivity contribution in [3.63, 3.8) is 0 Å². The number of nitrogens with zero attached hydrogens (tertiary/aromatic N) is 1. The molecule has 1 saturated carbocycles. The average Bonchev–Trinajstić information content (AvgIpc) is 3.21. The lowest BCUT2D eigenvalue weighted by Crippen LogP contribution is -2.39. The summed E-state index contributed by atoms with van der Waals surface area (Å²) in [6, 6.07) is 4.31. The number of aliphatic hydroxyl groups excluding tert-OH is 1. The summed E-state index contributed by atoms with van der Waals surface area (Å²) in [5.41, 5.74) is 6.10. The minimum Gasteiger partial charge on any atom is -0.387 e. The minimum absolute atomic E-state index is 0.183. The van der Waals surface area contributed by atoms with Crippen LogP contribution >= 0.6 is 11.3 Å². The SMILES string of the molecule is N[C@@H]1CCC[C@H]1CC(=O)N1CCCC1CC(O)c1cccs1. The van der Waals surface area contributed by atoms with Crippen LogP contribution in [0.3, 0.4) is 0 Å². The van der Waals surface area contributed by atoms with Gasteiger partial charge < -0.3 is 15.7 Å². The predicted octanol–water partition coefficient (Wildman–Crippen LogP) is 2.68. The number of likely N-dealkylation sites (tertiary alicyclic amines) is 1. The quantitative estimate of drug-likeness (QED) is 0.876. The lowest BCUT2D eigenvalue weighted by Gasteiger charge is -2.28. The highest BCUT2D eigenvalue weighted by molar-refractivity contribution is 7.10. The van der Waals surface area contributed by atoms with Gasteiger partial charge in [0.15, 0.2) is 0 Å². The number of rotatable bonds is 5. The number of nitrogens with two attached hydrogens (primary N) is 1. The Kier molecular flexibility index (Phi) is 5.16. The molecule has 1 aliphatic heterocycles. The third-order valence-electron chi connectivity index (χ3n) is 5.22. The maximum atomic E-state index is 12.6.